The first-order valence-electron chi connectivity index (χ1n) is 5.65. The monoisotopic (exact) mass is 298 g/mol. The zero-order valence-corrected chi connectivity index (χ0v) is 11.2. The Morgan fingerprint density at radius 2 is 2.40 bits per heavy atom. The Kier molecular flexibility index (Phi) is 3.99. The van der Waals surface area contributed by atoms with E-state index < -0.39 is 10.8 Å². The summed E-state index contributed by atoms with van der Waals surface area (Å²) in [5.74, 6) is -0.614. The largest absolute Gasteiger partial charge is 0.390 e. The lowest BCUT2D eigenvalue weighted by Gasteiger charge is -2.03. The van der Waals surface area contributed by atoms with Crippen molar-refractivity contribution in [3.8, 4) is 0 Å². The highest BCUT2D eigenvalue weighted by Gasteiger charge is 2.16. The van der Waals surface area contributed by atoms with Gasteiger partial charge in [0.25, 0.3) is 5.91 Å². The fourth-order valence-electron chi connectivity index (χ4n) is 1.60. The Bertz CT molecular complexity index is 649. The van der Waals surface area contributed by atoms with Crippen LogP contribution in [-0.2, 0) is 6.54 Å². The van der Waals surface area contributed by atoms with Crippen LogP contribution < -0.4 is 5.32 Å². The number of halogens is 1. The molecule has 1 amide bonds. The second kappa shape index (κ2) is 5.70. The summed E-state index contributed by atoms with van der Waals surface area (Å²) in [6.45, 7) is 2.28. The van der Waals surface area contributed by atoms with E-state index >= 15 is 0 Å². The number of nitro groups is 1. The molecule has 2 rings (SSSR count). The van der Waals surface area contributed by atoms with Gasteiger partial charge in [0.2, 0.25) is 0 Å². The lowest BCUT2D eigenvalue weighted by molar-refractivity contribution is -0.389. The Hall–Kier alpha value is -2.42. The third-order valence-corrected chi connectivity index (χ3v) is 2.87. The summed E-state index contributed by atoms with van der Waals surface area (Å²) in [5, 5.41) is 23.3. The minimum atomic E-state index is -0.563. The maximum Gasteiger partial charge on any atom is 0.390 e. The van der Waals surface area contributed by atoms with Crippen LogP contribution in [0.3, 0.4) is 0 Å². The van der Waals surface area contributed by atoms with Gasteiger partial charge in [0.1, 0.15) is 5.69 Å². The lowest BCUT2D eigenvalue weighted by Crippen LogP contribution is -2.28. The van der Waals surface area contributed by atoms with Crippen molar-refractivity contribution >= 4 is 23.3 Å². The Balaban J connectivity index is 1.92. The van der Waals surface area contributed by atoms with Crippen LogP contribution >= 0.6 is 11.6 Å². The summed E-state index contributed by atoms with van der Waals surface area (Å²) < 4.78 is 1.45. The van der Waals surface area contributed by atoms with E-state index in [9.17, 15) is 14.9 Å². The van der Waals surface area contributed by atoms with Crippen LogP contribution in [-0.4, -0.2) is 37.4 Å². The van der Waals surface area contributed by atoms with Crippen molar-refractivity contribution in [2.24, 2.45) is 0 Å². The summed E-state index contributed by atoms with van der Waals surface area (Å²) in [7, 11) is 0. The van der Waals surface area contributed by atoms with Crippen LogP contribution in [0.5, 0.6) is 0 Å². The molecule has 0 bridgehead atoms. The predicted molar refractivity (Wildman–Crippen MR) is 69.5 cm³/mol. The number of rotatable bonds is 5. The van der Waals surface area contributed by atoms with Gasteiger partial charge in [-0.2, -0.15) is 9.78 Å². The molecule has 0 saturated carbocycles. The number of aromatic amines is 1. The molecule has 0 unspecified atom stereocenters. The molecule has 10 heteroatoms. The molecule has 0 saturated heterocycles. The first-order valence-corrected chi connectivity index (χ1v) is 6.02. The molecule has 9 nitrogen and oxygen atoms in total. The molecule has 20 heavy (non-hydrogen) atoms. The molecule has 106 valence electrons. The SMILES string of the molecule is Cc1cc([N+](=O)[O-])nn1CCNC(=O)c1[nH]ncc1Cl. The molecule has 2 aromatic heterocycles. The van der Waals surface area contributed by atoms with E-state index in [0.717, 1.165) is 0 Å². The topological polar surface area (TPSA) is 119 Å². The number of hydrogen-bond donors (Lipinski definition) is 2. The van der Waals surface area contributed by atoms with Crippen molar-refractivity contribution in [3.05, 3.63) is 38.8 Å². The van der Waals surface area contributed by atoms with Gasteiger partial charge in [-0.1, -0.05) is 11.6 Å². The normalized spacial score (nSPS) is 10.5. The highest BCUT2D eigenvalue weighted by molar-refractivity contribution is 6.33. The fourth-order valence-corrected chi connectivity index (χ4v) is 1.78. The first kappa shape index (κ1) is 14.0. The zero-order chi connectivity index (χ0) is 14.7. The van der Waals surface area contributed by atoms with E-state index in [1.54, 1.807) is 6.92 Å². The van der Waals surface area contributed by atoms with Crippen LogP contribution in [0.15, 0.2) is 12.3 Å². The Morgan fingerprint density at radius 3 is 2.95 bits per heavy atom. The molecule has 0 spiro atoms. The Morgan fingerprint density at radius 1 is 1.65 bits per heavy atom. The van der Waals surface area contributed by atoms with Crippen LogP contribution in [0.4, 0.5) is 5.82 Å². The fraction of sp³-hybridized carbons (Fsp3) is 0.300. The predicted octanol–water partition coefficient (Wildman–Crippen LogP) is 0.906. The number of hydrogen-bond acceptors (Lipinski definition) is 5. The Labute approximate surface area is 118 Å². The van der Waals surface area contributed by atoms with Gasteiger partial charge in [-0.15, -0.1) is 0 Å². The second-order valence-electron chi connectivity index (χ2n) is 3.97. The van der Waals surface area contributed by atoms with Crippen molar-refractivity contribution in [1.29, 1.82) is 0 Å². The van der Waals surface area contributed by atoms with Crippen LogP contribution in [0.25, 0.3) is 0 Å². The average molecular weight is 299 g/mol. The van der Waals surface area contributed by atoms with Gasteiger partial charge in [0.05, 0.1) is 34.6 Å². The molecule has 0 aliphatic carbocycles. The van der Waals surface area contributed by atoms with Crippen molar-refractivity contribution in [1.82, 2.24) is 25.3 Å². The van der Waals surface area contributed by atoms with E-state index in [-0.39, 0.29) is 23.1 Å². The molecule has 0 atom stereocenters. The lowest BCUT2D eigenvalue weighted by atomic mass is 10.4. The summed E-state index contributed by atoms with van der Waals surface area (Å²) in [6.07, 6.45) is 1.33. The van der Waals surface area contributed by atoms with E-state index in [2.05, 4.69) is 20.6 Å². The number of aromatic nitrogens is 4. The van der Waals surface area contributed by atoms with Gasteiger partial charge in [-0.25, -0.2) is 0 Å². The van der Waals surface area contributed by atoms with Gasteiger partial charge < -0.3 is 15.4 Å². The quantitative estimate of drug-likeness (QED) is 0.628. The number of H-pyrrole nitrogens is 1. The number of amides is 1. The molecule has 2 heterocycles. The molecule has 2 aromatic rings. The van der Waals surface area contributed by atoms with E-state index in [4.69, 9.17) is 11.6 Å². The van der Waals surface area contributed by atoms with E-state index in [1.165, 1.54) is 16.9 Å². The smallest absolute Gasteiger partial charge is 0.358 e. The van der Waals surface area contributed by atoms with Gasteiger partial charge in [-0.3, -0.25) is 9.89 Å². The molecule has 0 aliphatic heterocycles. The highest BCUT2D eigenvalue weighted by Crippen LogP contribution is 2.11. The number of aryl methyl sites for hydroxylation is 1. The van der Waals surface area contributed by atoms with Crippen LogP contribution in [0, 0.1) is 17.0 Å². The summed E-state index contributed by atoms with van der Waals surface area (Å²) in [6, 6.07) is 1.37. The summed E-state index contributed by atoms with van der Waals surface area (Å²) in [5.41, 5.74) is 0.820. The summed E-state index contributed by atoms with van der Waals surface area (Å²) in [4.78, 5) is 21.7. The van der Waals surface area contributed by atoms with E-state index in [1.807, 2.05) is 0 Å². The minimum absolute atomic E-state index is 0.176. The molecule has 0 aliphatic rings. The van der Waals surface area contributed by atoms with Crippen molar-refractivity contribution in [3.63, 3.8) is 0 Å². The number of nitrogens with one attached hydrogen (secondary N) is 2. The third kappa shape index (κ3) is 2.94. The molecular weight excluding hydrogens is 288 g/mol. The van der Waals surface area contributed by atoms with Crippen molar-refractivity contribution in [2.45, 2.75) is 13.5 Å². The minimum Gasteiger partial charge on any atom is -0.358 e. The highest BCUT2D eigenvalue weighted by atomic mass is 35.5. The third-order valence-electron chi connectivity index (χ3n) is 2.58. The summed E-state index contributed by atoms with van der Waals surface area (Å²) >= 11 is 5.75. The standard InChI is InChI=1S/C10H11ClN6O3/c1-6-4-8(17(19)20)15-16(6)3-2-12-10(18)9-7(11)5-13-14-9/h4-5H,2-3H2,1H3,(H,12,18)(H,13,14). The van der Waals surface area contributed by atoms with Gasteiger partial charge in [-0.05, 0) is 11.8 Å². The van der Waals surface area contributed by atoms with Gasteiger partial charge >= 0.3 is 5.82 Å². The van der Waals surface area contributed by atoms with Crippen molar-refractivity contribution in [2.75, 3.05) is 6.54 Å². The van der Waals surface area contributed by atoms with E-state index in [0.29, 0.717) is 12.2 Å². The van der Waals surface area contributed by atoms with Gasteiger partial charge in [0.15, 0.2) is 0 Å². The van der Waals surface area contributed by atoms with Crippen LogP contribution in [0.1, 0.15) is 16.2 Å². The number of carbonyl (C=O) groups is 1. The molecule has 0 aromatic carbocycles. The molecule has 0 fully saturated rings. The number of nitrogens with zero attached hydrogens (tertiary/aromatic N) is 4. The van der Waals surface area contributed by atoms with Crippen molar-refractivity contribution < 1.29 is 9.72 Å². The molecular formula is C10H11ClN6O3. The number of carbonyl (C=O) groups excluding carboxylic acids is 1. The zero-order valence-electron chi connectivity index (χ0n) is 10.5. The van der Waals surface area contributed by atoms with Gasteiger partial charge in [0, 0.05) is 6.54 Å². The first-order chi connectivity index (χ1) is 9.49. The second-order valence-corrected chi connectivity index (χ2v) is 4.38. The maximum atomic E-state index is 11.7. The molecule has 2 N–H and O–H groups in total. The average Bonchev–Trinajstić information content (AvgIpc) is 2.96. The molecule has 0 radical (unpaired) electrons. The van der Waals surface area contributed by atoms with Crippen LogP contribution in [0.2, 0.25) is 5.02 Å². The maximum absolute atomic E-state index is 11.7.